The third-order valence-electron chi connectivity index (χ3n) is 5.93. The predicted molar refractivity (Wildman–Crippen MR) is 124 cm³/mol. The monoisotopic (exact) mass is 425 g/mol. The van der Waals surface area contributed by atoms with Crippen molar-refractivity contribution in [1.29, 1.82) is 0 Å². The van der Waals surface area contributed by atoms with Crippen molar-refractivity contribution < 1.29 is 14.0 Å². The first-order valence-corrected chi connectivity index (χ1v) is 10.4. The Hall–Kier alpha value is -4.11. The lowest BCUT2D eigenvalue weighted by molar-refractivity contribution is -0.117. The fourth-order valence-electron chi connectivity index (χ4n) is 4.59. The van der Waals surface area contributed by atoms with Crippen molar-refractivity contribution in [3.05, 3.63) is 65.5 Å². The summed E-state index contributed by atoms with van der Waals surface area (Å²) in [6.07, 6.45) is 0.665. The Kier molecular flexibility index (Phi) is 4.67. The molecule has 0 saturated heterocycles. The molecule has 0 unspecified atom stereocenters. The highest BCUT2D eigenvalue weighted by atomic mass is 19.1. The molecule has 2 heterocycles. The average Bonchev–Trinajstić information content (AvgIpc) is 3.35. The molecule has 0 aliphatic carbocycles. The minimum Gasteiger partial charge on any atom is -0.369 e. The first kappa shape index (κ1) is 19.8. The topological polar surface area (TPSA) is 79.2 Å². The highest BCUT2D eigenvalue weighted by Crippen LogP contribution is 2.41. The van der Waals surface area contributed by atoms with Gasteiger partial charge in [0.1, 0.15) is 5.82 Å². The average molecular weight is 425 g/mol. The van der Waals surface area contributed by atoms with Crippen molar-refractivity contribution in [1.82, 2.24) is 4.98 Å². The van der Waals surface area contributed by atoms with Crippen LogP contribution >= 0.6 is 0 Å². The molecule has 158 valence electrons. The summed E-state index contributed by atoms with van der Waals surface area (Å²) in [4.78, 5) is 29.0. The van der Waals surface area contributed by atoms with E-state index in [1.165, 1.54) is 6.07 Å². The number of benzene rings is 3. The summed E-state index contributed by atoms with van der Waals surface area (Å²) >= 11 is 0. The third kappa shape index (κ3) is 3.10. The number of fused-ring (bicyclic) bond motifs is 4. The fraction of sp³-hybridized carbons (Fsp3) is 0.154. The lowest BCUT2D eigenvalue weighted by Gasteiger charge is -2.16. The number of primary amides is 1. The molecule has 0 radical (unpaired) electrons. The number of carbonyl (C=O) groups is 2. The molecule has 2 amide bonds. The van der Waals surface area contributed by atoms with Crippen molar-refractivity contribution in [2.24, 2.45) is 5.73 Å². The normalized spacial score (nSPS) is 12.6. The summed E-state index contributed by atoms with van der Waals surface area (Å²) in [5.41, 5.74) is 10.3. The van der Waals surface area contributed by atoms with Gasteiger partial charge in [-0.15, -0.1) is 0 Å². The van der Waals surface area contributed by atoms with Gasteiger partial charge in [-0.2, -0.15) is 0 Å². The number of anilines is 1. The van der Waals surface area contributed by atoms with Crippen molar-refractivity contribution in [2.75, 3.05) is 11.4 Å². The maximum atomic E-state index is 15.6. The summed E-state index contributed by atoms with van der Waals surface area (Å²) in [5.74, 6) is 4.00. The van der Waals surface area contributed by atoms with E-state index in [4.69, 9.17) is 5.73 Å². The van der Waals surface area contributed by atoms with Crippen molar-refractivity contribution in [2.45, 2.75) is 19.8 Å². The number of nitrogens with one attached hydrogen (secondary N) is 1. The van der Waals surface area contributed by atoms with E-state index in [9.17, 15) is 9.59 Å². The van der Waals surface area contributed by atoms with Gasteiger partial charge in [0.25, 0.3) is 0 Å². The van der Waals surface area contributed by atoms with Crippen LogP contribution in [0.2, 0.25) is 0 Å². The van der Waals surface area contributed by atoms with Crippen LogP contribution in [0.1, 0.15) is 18.1 Å². The fourth-order valence-corrected chi connectivity index (χ4v) is 4.59. The summed E-state index contributed by atoms with van der Waals surface area (Å²) in [5, 5.41) is 1.55. The van der Waals surface area contributed by atoms with Crippen LogP contribution in [0.15, 0.2) is 48.5 Å². The van der Waals surface area contributed by atoms with Crippen LogP contribution in [0.3, 0.4) is 0 Å². The standard InChI is InChI=1S/C26H20FN3O2/c1-2-5-23(32)30-11-10-15-8-9-16(13-21(15)30)24-19(27)12-17(14-22(28)31)26-25(24)18-6-3-4-7-20(18)29-26/h3-4,6-9,12-13,29H,10-11,14H2,1H3,(H2,28,31). The van der Waals surface area contributed by atoms with Gasteiger partial charge in [0.15, 0.2) is 0 Å². The van der Waals surface area contributed by atoms with Crippen LogP contribution < -0.4 is 10.6 Å². The number of hydrogen-bond acceptors (Lipinski definition) is 2. The molecule has 4 aromatic rings. The molecule has 1 aromatic heterocycles. The van der Waals surface area contributed by atoms with Gasteiger partial charge in [-0.05, 0) is 54.2 Å². The van der Waals surface area contributed by atoms with Crippen LogP contribution in [0, 0.1) is 17.7 Å². The second kappa shape index (κ2) is 7.54. The molecule has 0 atom stereocenters. The van der Waals surface area contributed by atoms with Crippen molar-refractivity contribution in [3.8, 4) is 23.0 Å². The number of aromatic nitrogens is 1. The SMILES string of the molecule is CC#CC(=O)N1CCc2ccc(-c3c(F)cc(CC(N)=O)c4[nH]c5ccccc5c34)cc21. The van der Waals surface area contributed by atoms with Gasteiger partial charge in [0.2, 0.25) is 5.91 Å². The summed E-state index contributed by atoms with van der Waals surface area (Å²) in [6.45, 7) is 2.18. The van der Waals surface area contributed by atoms with E-state index in [0.717, 1.165) is 28.6 Å². The zero-order valence-electron chi connectivity index (χ0n) is 17.5. The smallest absolute Gasteiger partial charge is 0.302 e. The Bertz CT molecular complexity index is 1490. The quantitative estimate of drug-likeness (QED) is 0.486. The molecular weight excluding hydrogens is 405 g/mol. The first-order chi connectivity index (χ1) is 15.5. The van der Waals surface area contributed by atoms with Crippen LogP contribution in [0.25, 0.3) is 32.9 Å². The molecule has 6 heteroatoms. The van der Waals surface area contributed by atoms with Crippen LogP contribution in [0.4, 0.5) is 10.1 Å². The summed E-state index contributed by atoms with van der Waals surface area (Å²) in [7, 11) is 0. The first-order valence-electron chi connectivity index (χ1n) is 10.4. The second-order valence-electron chi connectivity index (χ2n) is 7.88. The van der Waals surface area contributed by atoms with Gasteiger partial charge in [-0.25, -0.2) is 4.39 Å². The maximum Gasteiger partial charge on any atom is 0.302 e. The van der Waals surface area contributed by atoms with E-state index in [-0.39, 0.29) is 12.3 Å². The van der Waals surface area contributed by atoms with Gasteiger partial charge in [-0.3, -0.25) is 9.59 Å². The Balaban J connectivity index is 1.78. The Morgan fingerprint density at radius 1 is 1.19 bits per heavy atom. The zero-order valence-corrected chi connectivity index (χ0v) is 17.5. The van der Waals surface area contributed by atoms with Crippen LogP contribution in [-0.2, 0) is 22.4 Å². The van der Waals surface area contributed by atoms with Gasteiger partial charge in [0, 0.05) is 34.1 Å². The lowest BCUT2D eigenvalue weighted by atomic mass is 9.94. The number of nitrogens with two attached hydrogens (primary N) is 1. The van der Waals surface area contributed by atoms with Crippen LogP contribution in [-0.4, -0.2) is 23.3 Å². The van der Waals surface area contributed by atoms with E-state index >= 15 is 4.39 Å². The molecule has 3 aromatic carbocycles. The maximum absolute atomic E-state index is 15.6. The van der Waals surface area contributed by atoms with Gasteiger partial charge in [0.05, 0.1) is 11.9 Å². The van der Waals surface area contributed by atoms with E-state index in [2.05, 4.69) is 16.8 Å². The number of carbonyl (C=O) groups excluding carboxylic acids is 2. The predicted octanol–water partition coefficient (Wildman–Crippen LogP) is 4.07. The molecule has 1 aliphatic rings. The number of halogens is 1. The lowest BCUT2D eigenvalue weighted by Crippen LogP contribution is -2.27. The number of para-hydroxylation sites is 1. The van der Waals surface area contributed by atoms with E-state index in [0.29, 0.717) is 34.1 Å². The molecule has 5 rings (SSSR count). The highest BCUT2D eigenvalue weighted by Gasteiger charge is 2.26. The van der Waals surface area contributed by atoms with E-state index in [1.807, 2.05) is 42.5 Å². The zero-order chi connectivity index (χ0) is 22.4. The number of rotatable bonds is 3. The molecule has 1 aliphatic heterocycles. The minimum atomic E-state index is -0.527. The minimum absolute atomic E-state index is 0.0668. The molecule has 0 spiro atoms. The van der Waals surface area contributed by atoms with Gasteiger partial charge in [-0.1, -0.05) is 36.3 Å². The number of nitrogens with zero attached hydrogens (tertiary/aromatic N) is 1. The van der Waals surface area contributed by atoms with Crippen LogP contribution in [0.5, 0.6) is 0 Å². The largest absolute Gasteiger partial charge is 0.369 e. The molecule has 0 fully saturated rings. The highest BCUT2D eigenvalue weighted by molar-refractivity contribution is 6.16. The van der Waals surface area contributed by atoms with Gasteiger partial charge < -0.3 is 15.6 Å². The van der Waals surface area contributed by atoms with E-state index < -0.39 is 11.7 Å². The number of H-pyrrole nitrogens is 1. The molecule has 3 N–H and O–H groups in total. The molecule has 0 saturated carbocycles. The molecule has 5 nitrogen and oxygen atoms in total. The number of amides is 2. The molecular formula is C26H20FN3O2. The Morgan fingerprint density at radius 2 is 2.00 bits per heavy atom. The molecule has 32 heavy (non-hydrogen) atoms. The third-order valence-corrected chi connectivity index (χ3v) is 5.93. The summed E-state index contributed by atoms with van der Waals surface area (Å²) < 4.78 is 15.6. The number of hydrogen-bond donors (Lipinski definition) is 2. The van der Waals surface area contributed by atoms with Gasteiger partial charge >= 0.3 is 5.91 Å². The second-order valence-corrected chi connectivity index (χ2v) is 7.88. The van der Waals surface area contributed by atoms with Crippen molar-refractivity contribution in [3.63, 3.8) is 0 Å². The number of aromatic amines is 1. The Morgan fingerprint density at radius 3 is 2.78 bits per heavy atom. The van der Waals surface area contributed by atoms with Crippen molar-refractivity contribution >= 4 is 39.3 Å². The summed E-state index contributed by atoms with van der Waals surface area (Å²) in [6, 6.07) is 14.7. The Labute approximate surface area is 184 Å². The molecule has 0 bridgehead atoms. The van der Waals surface area contributed by atoms with E-state index in [1.54, 1.807) is 11.8 Å².